The molecule has 8 nitrogen and oxygen atoms in total. The number of amides is 1. The molecule has 0 radical (unpaired) electrons. The van der Waals surface area contributed by atoms with Crippen molar-refractivity contribution in [2.24, 2.45) is 0 Å². The fourth-order valence-corrected chi connectivity index (χ4v) is 6.73. The molecule has 6 rings (SSSR count). The molecule has 1 saturated carbocycles. The van der Waals surface area contributed by atoms with Crippen LogP contribution in [0.25, 0.3) is 10.8 Å². The van der Waals surface area contributed by atoms with E-state index >= 15 is 0 Å². The Morgan fingerprint density at radius 3 is 2.68 bits per heavy atom. The van der Waals surface area contributed by atoms with E-state index in [1.54, 1.807) is 21.0 Å². The van der Waals surface area contributed by atoms with Gasteiger partial charge in [-0.05, 0) is 38.2 Å². The molecule has 1 amide bonds. The molecule has 1 unspecified atom stereocenters. The molecule has 9 heteroatoms. The maximum absolute atomic E-state index is 13.0. The topological polar surface area (TPSA) is 98.9 Å². The van der Waals surface area contributed by atoms with E-state index in [2.05, 4.69) is 10.3 Å². The van der Waals surface area contributed by atoms with Crippen LogP contribution in [0.3, 0.4) is 0 Å². The van der Waals surface area contributed by atoms with Gasteiger partial charge in [0.1, 0.15) is 0 Å². The van der Waals surface area contributed by atoms with Gasteiger partial charge >= 0.3 is 0 Å². The van der Waals surface area contributed by atoms with Crippen LogP contribution in [0.4, 0.5) is 0 Å². The summed E-state index contributed by atoms with van der Waals surface area (Å²) in [5, 5.41) is 9.85. The first-order chi connectivity index (χ1) is 16.6. The Hall–Kier alpha value is -2.94. The zero-order valence-electron chi connectivity index (χ0n) is 19.0. The number of hydrogen-bond acceptors (Lipinski definition) is 6. The number of rotatable bonds is 5. The van der Waals surface area contributed by atoms with Gasteiger partial charge in [-0.25, -0.2) is 9.67 Å². The second-order valence-corrected chi connectivity index (χ2v) is 10.5. The zero-order valence-corrected chi connectivity index (χ0v) is 19.8. The fraction of sp³-hybridized carbons (Fsp3) is 0.480. The number of nitrogens with zero attached hydrogens (tertiary/aromatic N) is 4. The number of aromatic nitrogens is 4. The van der Waals surface area contributed by atoms with Crippen LogP contribution in [0.2, 0.25) is 0 Å². The van der Waals surface area contributed by atoms with Crippen molar-refractivity contribution >= 4 is 28.4 Å². The highest BCUT2D eigenvalue weighted by Crippen LogP contribution is 2.34. The standard InChI is InChI=1S/C25H27N5O3S/c31-22(12-16-14-34-25-27-20-11-5-10-19(20)23(32)29(16)25)26-13-21-17-8-3-4-9-18(17)24(33)30(28-21)15-6-1-2-7-15/h3-4,8-9,15-16H,1-2,5-7,10-14H2,(H,26,31). The quantitative estimate of drug-likeness (QED) is 0.568. The fourth-order valence-electron chi connectivity index (χ4n) is 5.57. The molecule has 0 saturated heterocycles. The molecule has 176 valence electrons. The average molecular weight is 478 g/mol. The Balaban J connectivity index is 1.22. The second-order valence-electron chi connectivity index (χ2n) is 9.47. The minimum Gasteiger partial charge on any atom is -0.350 e. The summed E-state index contributed by atoms with van der Waals surface area (Å²) in [7, 11) is 0. The van der Waals surface area contributed by atoms with Crippen molar-refractivity contribution in [2.45, 2.75) is 75.2 Å². The molecule has 2 aliphatic carbocycles. The van der Waals surface area contributed by atoms with Crippen LogP contribution in [0.1, 0.15) is 67.6 Å². The number of carbonyl (C=O) groups is 1. The van der Waals surface area contributed by atoms with E-state index in [-0.39, 0.29) is 42.1 Å². The van der Waals surface area contributed by atoms with Gasteiger partial charge in [-0.3, -0.25) is 19.0 Å². The lowest BCUT2D eigenvalue weighted by Gasteiger charge is -2.17. The smallest absolute Gasteiger partial charge is 0.274 e. The van der Waals surface area contributed by atoms with E-state index in [1.165, 1.54) is 0 Å². The highest BCUT2D eigenvalue weighted by molar-refractivity contribution is 7.99. The lowest BCUT2D eigenvalue weighted by Crippen LogP contribution is -2.33. The van der Waals surface area contributed by atoms with Crippen molar-refractivity contribution in [3.63, 3.8) is 0 Å². The molecule has 34 heavy (non-hydrogen) atoms. The van der Waals surface area contributed by atoms with Crippen LogP contribution in [0.5, 0.6) is 0 Å². The first-order valence-corrected chi connectivity index (χ1v) is 13.1. The summed E-state index contributed by atoms with van der Waals surface area (Å²) in [5.41, 5.74) is 2.42. The first kappa shape index (κ1) is 21.6. The average Bonchev–Trinajstić information content (AvgIpc) is 3.61. The molecule has 0 spiro atoms. The second kappa shape index (κ2) is 8.69. The number of benzene rings is 1. The molecule has 1 aliphatic heterocycles. The number of aryl methyl sites for hydroxylation is 1. The van der Waals surface area contributed by atoms with Crippen LogP contribution >= 0.6 is 11.8 Å². The number of carbonyl (C=O) groups excluding carboxylic acids is 1. The number of nitrogens with one attached hydrogen (secondary N) is 1. The van der Waals surface area contributed by atoms with Gasteiger partial charge in [-0.1, -0.05) is 42.8 Å². The molecular formula is C25H27N5O3S. The van der Waals surface area contributed by atoms with Gasteiger partial charge in [0.2, 0.25) is 5.91 Å². The first-order valence-electron chi connectivity index (χ1n) is 12.1. The number of fused-ring (bicyclic) bond motifs is 3. The molecule has 1 N–H and O–H groups in total. The lowest BCUT2D eigenvalue weighted by atomic mass is 10.1. The van der Waals surface area contributed by atoms with Gasteiger partial charge in [-0.15, -0.1) is 0 Å². The van der Waals surface area contributed by atoms with E-state index in [9.17, 15) is 14.4 Å². The van der Waals surface area contributed by atoms with Gasteiger partial charge in [-0.2, -0.15) is 5.10 Å². The monoisotopic (exact) mass is 477 g/mol. The maximum Gasteiger partial charge on any atom is 0.274 e. The van der Waals surface area contributed by atoms with Gasteiger partial charge < -0.3 is 5.32 Å². The van der Waals surface area contributed by atoms with Gasteiger partial charge in [0.15, 0.2) is 5.16 Å². The Labute approximate surface area is 200 Å². The largest absolute Gasteiger partial charge is 0.350 e. The molecule has 2 aromatic heterocycles. The molecule has 1 atom stereocenters. The Kier molecular flexibility index (Phi) is 5.51. The summed E-state index contributed by atoms with van der Waals surface area (Å²) in [6.45, 7) is 0.246. The third-order valence-corrected chi connectivity index (χ3v) is 8.42. The molecule has 1 fully saturated rings. The van der Waals surface area contributed by atoms with Crippen molar-refractivity contribution in [2.75, 3.05) is 5.75 Å². The third-order valence-electron chi connectivity index (χ3n) is 7.32. The maximum atomic E-state index is 13.0. The van der Waals surface area contributed by atoms with E-state index in [4.69, 9.17) is 5.10 Å². The highest BCUT2D eigenvalue weighted by atomic mass is 32.2. The van der Waals surface area contributed by atoms with Crippen molar-refractivity contribution < 1.29 is 4.79 Å². The third kappa shape index (κ3) is 3.66. The van der Waals surface area contributed by atoms with Crippen molar-refractivity contribution in [3.8, 4) is 0 Å². The SMILES string of the molecule is O=C(CC1CSc2nc3c(c(=O)n21)CCC3)NCc1nn(C2CCCC2)c(=O)c2ccccc12. The zero-order chi connectivity index (χ0) is 23.2. The Morgan fingerprint density at radius 2 is 1.85 bits per heavy atom. The summed E-state index contributed by atoms with van der Waals surface area (Å²) >= 11 is 1.55. The van der Waals surface area contributed by atoms with Gasteiger partial charge in [0.25, 0.3) is 11.1 Å². The molecule has 3 heterocycles. The summed E-state index contributed by atoms with van der Waals surface area (Å²) in [5.74, 6) is 0.544. The lowest BCUT2D eigenvalue weighted by molar-refractivity contribution is -0.121. The summed E-state index contributed by atoms with van der Waals surface area (Å²) in [6, 6.07) is 7.41. The number of thioether (sulfide) groups is 1. The van der Waals surface area contributed by atoms with Crippen LogP contribution in [0.15, 0.2) is 39.0 Å². The van der Waals surface area contributed by atoms with Crippen LogP contribution in [-0.2, 0) is 24.2 Å². The van der Waals surface area contributed by atoms with Crippen molar-refractivity contribution in [3.05, 3.63) is 61.9 Å². The highest BCUT2D eigenvalue weighted by Gasteiger charge is 2.31. The predicted molar refractivity (Wildman–Crippen MR) is 130 cm³/mol. The van der Waals surface area contributed by atoms with E-state index in [1.807, 2.05) is 24.3 Å². The summed E-state index contributed by atoms with van der Waals surface area (Å²) in [6.07, 6.45) is 6.98. The van der Waals surface area contributed by atoms with E-state index < -0.39 is 0 Å². The van der Waals surface area contributed by atoms with E-state index in [0.717, 1.165) is 66.7 Å². The Morgan fingerprint density at radius 1 is 1.06 bits per heavy atom. The van der Waals surface area contributed by atoms with Gasteiger partial charge in [0.05, 0.1) is 35.4 Å². The summed E-state index contributed by atoms with van der Waals surface area (Å²) < 4.78 is 3.36. The van der Waals surface area contributed by atoms with E-state index in [0.29, 0.717) is 16.8 Å². The normalized spacial score (nSPS) is 19.5. The molecule has 1 aromatic carbocycles. The van der Waals surface area contributed by atoms with Crippen LogP contribution in [0, 0.1) is 0 Å². The van der Waals surface area contributed by atoms with Crippen molar-refractivity contribution in [1.29, 1.82) is 0 Å². The minimum atomic E-state index is -0.192. The number of hydrogen-bond donors (Lipinski definition) is 1. The van der Waals surface area contributed by atoms with Crippen LogP contribution < -0.4 is 16.4 Å². The summed E-state index contributed by atoms with van der Waals surface area (Å²) in [4.78, 5) is 43.6. The molecule has 3 aliphatic rings. The van der Waals surface area contributed by atoms with Crippen molar-refractivity contribution in [1.82, 2.24) is 24.6 Å². The molecule has 0 bridgehead atoms. The molecular weight excluding hydrogens is 450 g/mol. The Bertz CT molecular complexity index is 1410. The van der Waals surface area contributed by atoms with Crippen LogP contribution in [-0.4, -0.2) is 31.0 Å². The van der Waals surface area contributed by atoms with Gasteiger partial charge in [0, 0.05) is 23.1 Å². The minimum absolute atomic E-state index is 0.0246. The molecule has 3 aromatic rings. The predicted octanol–water partition coefficient (Wildman–Crippen LogP) is 2.91.